The van der Waals surface area contributed by atoms with E-state index in [2.05, 4.69) is 5.32 Å². The fourth-order valence-electron chi connectivity index (χ4n) is 3.49. The lowest BCUT2D eigenvalue weighted by atomic mass is 10.1. The van der Waals surface area contributed by atoms with Crippen LogP contribution in [0.3, 0.4) is 0 Å². The summed E-state index contributed by atoms with van der Waals surface area (Å²) >= 11 is 12.2. The maximum atomic E-state index is 13.4. The summed E-state index contributed by atoms with van der Waals surface area (Å²) in [5, 5.41) is 3.42. The van der Waals surface area contributed by atoms with Gasteiger partial charge < -0.3 is 10.2 Å². The number of nitrogens with zero attached hydrogens (tertiary/aromatic N) is 2. The van der Waals surface area contributed by atoms with Crippen LogP contribution in [0.4, 0.5) is 10.1 Å². The van der Waals surface area contributed by atoms with Gasteiger partial charge in [0.25, 0.3) is 0 Å². The molecule has 0 aliphatic heterocycles. The van der Waals surface area contributed by atoms with Crippen LogP contribution in [0.2, 0.25) is 10.0 Å². The molecule has 2 rings (SSSR count). The minimum Gasteiger partial charge on any atom is -0.352 e. The minimum absolute atomic E-state index is 0.0114. The molecule has 0 saturated carbocycles. The Kier molecular flexibility index (Phi) is 11.0. The van der Waals surface area contributed by atoms with Gasteiger partial charge in [-0.2, -0.15) is 0 Å². The third-order valence-corrected chi connectivity index (χ3v) is 7.50. The van der Waals surface area contributed by atoms with Gasteiger partial charge in [-0.1, -0.05) is 42.3 Å². The number of hydrogen-bond donors (Lipinski definition) is 1. The van der Waals surface area contributed by atoms with Crippen molar-refractivity contribution < 1.29 is 22.4 Å². The molecule has 0 bridgehead atoms. The highest BCUT2D eigenvalue weighted by Crippen LogP contribution is 2.31. The van der Waals surface area contributed by atoms with Crippen molar-refractivity contribution in [3.05, 3.63) is 63.9 Å². The molecule has 2 aromatic carbocycles. The third kappa shape index (κ3) is 8.64. The van der Waals surface area contributed by atoms with E-state index in [1.807, 2.05) is 13.8 Å². The number of carbonyl (C=O) groups is 2. The van der Waals surface area contributed by atoms with E-state index < -0.39 is 21.9 Å². The van der Waals surface area contributed by atoms with Crippen LogP contribution < -0.4 is 9.62 Å². The molecule has 0 aliphatic carbocycles. The van der Waals surface area contributed by atoms with Crippen molar-refractivity contribution >= 4 is 50.7 Å². The zero-order valence-electron chi connectivity index (χ0n) is 20.8. The number of rotatable bonds is 12. The first-order valence-electron chi connectivity index (χ1n) is 11.6. The van der Waals surface area contributed by atoms with Gasteiger partial charge in [-0.15, -0.1) is 0 Å². The maximum absolute atomic E-state index is 13.4. The number of nitrogens with one attached hydrogen (secondary N) is 1. The summed E-state index contributed by atoms with van der Waals surface area (Å²) < 4.78 is 39.4. The highest BCUT2D eigenvalue weighted by molar-refractivity contribution is 7.92. The Bertz CT molecular complexity index is 1160. The molecule has 2 aromatic rings. The molecule has 0 fully saturated rings. The van der Waals surface area contributed by atoms with Gasteiger partial charge in [0.15, 0.2) is 0 Å². The van der Waals surface area contributed by atoms with Crippen molar-refractivity contribution in [2.75, 3.05) is 17.1 Å². The predicted octanol–water partition coefficient (Wildman–Crippen LogP) is 5.01. The molecule has 0 aliphatic rings. The van der Waals surface area contributed by atoms with Gasteiger partial charge in [-0.3, -0.25) is 13.9 Å². The lowest BCUT2D eigenvalue weighted by molar-refractivity contribution is -0.140. The molecule has 0 spiro atoms. The number of anilines is 1. The Morgan fingerprint density at radius 1 is 1.08 bits per heavy atom. The fraction of sp³-hybridized carbons (Fsp3) is 0.440. The van der Waals surface area contributed by atoms with E-state index in [4.69, 9.17) is 23.2 Å². The van der Waals surface area contributed by atoms with Crippen molar-refractivity contribution in [1.82, 2.24) is 10.2 Å². The second-order valence-corrected chi connectivity index (χ2v) is 11.4. The van der Waals surface area contributed by atoms with Crippen molar-refractivity contribution in [2.24, 2.45) is 0 Å². The molecule has 0 aromatic heterocycles. The fourth-order valence-corrected chi connectivity index (χ4v) is 4.90. The van der Waals surface area contributed by atoms with Crippen LogP contribution in [0.5, 0.6) is 0 Å². The summed E-state index contributed by atoms with van der Waals surface area (Å²) in [6, 6.07) is 9.36. The quantitative estimate of drug-likeness (QED) is 0.396. The average molecular weight is 561 g/mol. The van der Waals surface area contributed by atoms with Crippen LogP contribution in [0.15, 0.2) is 42.5 Å². The van der Waals surface area contributed by atoms with Crippen LogP contribution in [0.1, 0.15) is 45.6 Å². The Morgan fingerprint density at radius 3 is 2.31 bits per heavy atom. The van der Waals surface area contributed by atoms with Gasteiger partial charge in [0.2, 0.25) is 21.8 Å². The molecular weight excluding hydrogens is 528 g/mol. The molecule has 2 amide bonds. The van der Waals surface area contributed by atoms with Gasteiger partial charge in [0.05, 0.1) is 17.0 Å². The van der Waals surface area contributed by atoms with Gasteiger partial charge in [0, 0.05) is 30.6 Å². The zero-order valence-corrected chi connectivity index (χ0v) is 23.1. The Balaban J connectivity index is 2.20. The summed E-state index contributed by atoms with van der Waals surface area (Å²) in [4.78, 5) is 27.5. The smallest absolute Gasteiger partial charge is 0.242 e. The normalized spacial score (nSPS) is 13.1. The largest absolute Gasteiger partial charge is 0.352 e. The van der Waals surface area contributed by atoms with Gasteiger partial charge in [0.1, 0.15) is 11.9 Å². The molecule has 0 saturated heterocycles. The minimum atomic E-state index is -3.71. The Morgan fingerprint density at radius 2 is 1.72 bits per heavy atom. The van der Waals surface area contributed by atoms with E-state index >= 15 is 0 Å². The molecule has 2 atom stereocenters. The standard InChI is InChI=1S/C25H32Cl2FN3O4S/c1-5-17(2)29-25(33)18(3)30(16-19-8-11-21(28)12-9-19)24(32)7-6-14-31(36(4,34)35)23-15-20(26)10-13-22(23)27/h8-13,15,17-18H,5-7,14,16H2,1-4H3,(H,29,33)/t17-,18-/m0/s1. The molecule has 198 valence electrons. The number of benzene rings is 2. The molecule has 0 unspecified atom stereocenters. The first-order chi connectivity index (χ1) is 16.8. The number of halogens is 3. The van der Waals surface area contributed by atoms with Gasteiger partial charge in [-0.25, -0.2) is 12.8 Å². The summed E-state index contributed by atoms with van der Waals surface area (Å²) in [7, 11) is -3.71. The van der Waals surface area contributed by atoms with Gasteiger partial charge in [-0.05, 0) is 62.6 Å². The SMILES string of the molecule is CC[C@H](C)NC(=O)[C@H](C)N(Cc1ccc(F)cc1)C(=O)CCCN(c1cc(Cl)ccc1Cl)S(C)(=O)=O. The molecule has 36 heavy (non-hydrogen) atoms. The summed E-state index contributed by atoms with van der Waals surface area (Å²) in [6.45, 7) is 5.54. The summed E-state index contributed by atoms with van der Waals surface area (Å²) in [5.41, 5.74) is 0.889. The molecule has 0 heterocycles. The zero-order chi connectivity index (χ0) is 27.0. The topological polar surface area (TPSA) is 86.8 Å². The van der Waals surface area contributed by atoms with Crippen molar-refractivity contribution in [2.45, 2.75) is 58.7 Å². The lowest BCUT2D eigenvalue weighted by Gasteiger charge is -2.30. The maximum Gasteiger partial charge on any atom is 0.242 e. The molecular formula is C25H32Cl2FN3O4S. The van der Waals surface area contributed by atoms with Gasteiger partial charge >= 0.3 is 0 Å². The molecule has 11 heteroatoms. The molecule has 1 N–H and O–H groups in total. The van der Waals surface area contributed by atoms with Crippen LogP contribution in [-0.4, -0.2) is 50.0 Å². The Hall–Kier alpha value is -2.36. The van der Waals surface area contributed by atoms with E-state index in [9.17, 15) is 22.4 Å². The number of hydrogen-bond acceptors (Lipinski definition) is 4. The first kappa shape index (κ1) is 29.9. The highest BCUT2D eigenvalue weighted by Gasteiger charge is 2.27. The van der Waals surface area contributed by atoms with Crippen molar-refractivity contribution in [3.63, 3.8) is 0 Å². The van der Waals surface area contributed by atoms with E-state index in [1.165, 1.54) is 29.2 Å². The van der Waals surface area contributed by atoms with Crippen molar-refractivity contribution in [1.29, 1.82) is 0 Å². The van der Waals surface area contributed by atoms with Crippen LogP contribution >= 0.6 is 23.2 Å². The van der Waals surface area contributed by atoms with E-state index in [-0.39, 0.29) is 54.5 Å². The van der Waals surface area contributed by atoms with Crippen molar-refractivity contribution in [3.8, 4) is 0 Å². The molecule has 7 nitrogen and oxygen atoms in total. The highest BCUT2D eigenvalue weighted by atomic mass is 35.5. The van der Waals surface area contributed by atoms with E-state index in [0.29, 0.717) is 10.6 Å². The molecule has 0 radical (unpaired) electrons. The second-order valence-electron chi connectivity index (χ2n) is 8.68. The number of carbonyl (C=O) groups excluding carboxylic acids is 2. The number of amides is 2. The van der Waals surface area contributed by atoms with Crippen LogP contribution in [-0.2, 0) is 26.2 Å². The average Bonchev–Trinajstić information content (AvgIpc) is 2.81. The van der Waals surface area contributed by atoms with Crippen LogP contribution in [0, 0.1) is 5.82 Å². The van der Waals surface area contributed by atoms with Crippen LogP contribution in [0.25, 0.3) is 0 Å². The lowest BCUT2D eigenvalue weighted by Crippen LogP contribution is -2.49. The monoisotopic (exact) mass is 559 g/mol. The second kappa shape index (κ2) is 13.3. The van der Waals surface area contributed by atoms with E-state index in [0.717, 1.165) is 17.0 Å². The van der Waals surface area contributed by atoms with E-state index in [1.54, 1.807) is 25.1 Å². The summed E-state index contributed by atoms with van der Waals surface area (Å²) in [6.07, 6.45) is 1.94. The third-order valence-electron chi connectivity index (χ3n) is 5.76. The number of sulfonamides is 1. The predicted molar refractivity (Wildman–Crippen MR) is 142 cm³/mol. The first-order valence-corrected chi connectivity index (χ1v) is 14.2. The summed E-state index contributed by atoms with van der Waals surface area (Å²) in [5.74, 6) is -1.04. The Labute approximate surface area is 222 Å².